The lowest BCUT2D eigenvalue weighted by Crippen LogP contribution is -2.38. The maximum Gasteiger partial charge on any atom is 0.322 e. The molecule has 1 atom stereocenters. The van der Waals surface area contributed by atoms with Gasteiger partial charge in [-0.05, 0) is 67.9 Å². The van der Waals surface area contributed by atoms with Gasteiger partial charge >= 0.3 is 6.03 Å². The van der Waals surface area contributed by atoms with Crippen LogP contribution < -0.4 is 5.32 Å². The number of halogens is 1. The molecule has 7 heteroatoms. The largest absolute Gasteiger partial charge is 0.322 e. The number of carbonyl (C=O) groups excluding carboxylic acids is 1. The molecular weight excluding hydrogens is 482 g/mol. The van der Waals surface area contributed by atoms with Crippen molar-refractivity contribution in [1.82, 2.24) is 19.2 Å². The highest BCUT2D eigenvalue weighted by atomic mass is 35.5. The van der Waals surface area contributed by atoms with E-state index >= 15 is 0 Å². The van der Waals surface area contributed by atoms with Crippen molar-refractivity contribution >= 4 is 23.3 Å². The van der Waals surface area contributed by atoms with Crippen molar-refractivity contribution in [1.29, 1.82) is 0 Å². The van der Waals surface area contributed by atoms with E-state index in [0.717, 1.165) is 39.6 Å². The van der Waals surface area contributed by atoms with Gasteiger partial charge in [-0.25, -0.2) is 9.48 Å². The predicted molar refractivity (Wildman–Crippen MR) is 147 cm³/mol. The van der Waals surface area contributed by atoms with Gasteiger partial charge in [-0.3, -0.25) is 0 Å². The zero-order valence-corrected chi connectivity index (χ0v) is 21.4. The van der Waals surface area contributed by atoms with Gasteiger partial charge < -0.3 is 14.8 Å². The fraction of sp³-hybridized carbons (Fsp3) is 0.133. The molecule has 0 fully saturated rings. The number of para-hydroxylation sites is 1. The number of nitrogens with one attached hydrogen (secondary N) is 1. The van der Waals surface area contributed by atoms with Crippen LogP contribution in [-0.2, 0) is 6.54 Å². The summed E-state index contributed by atoms with van der Waals surface area (Å²) in [6.07, 6.45) is 2.05. The second-order valence-electron chi connectivity index (χ2n) is 9.32. The Balaban J connectivity index is 1.53. The monoisotopic (exact) mass is 507 g/mol. The summed E-state index contributed by atoms with van der Waals surface area (Å²) in [7, 11) is 0. The molecule has 3 aromatic carbocycles. The summed E-state index contributed by atoms with van der Waals surface area (Å²) in [6.45, 7) is 4.47. The molecule has 6 rings (SSSR count). The third kappa shape index (κ3) is 4.19. The Hall–Kier alpha value is -4.29. The molecule has 1 aliphatic rings. The van der Waals surface area contributed by atoms with Crippen molar-refractivity contribution in [3.05, 3.63) is 130 Å². The van der Waals surface area contributed by atoms with Gasteiger partial charge in [0.15, 0.2) is 0 Å². The first-order chi connectivity index (χ1) is 18.0. The van der Waals surface area contributed by atoms with Crippen LogP contribution in [0.5, 0.6) is 0 Å². The highest BCUT2D eigenvalue weighted by Gasteiger charge is 2.36. The van der Waals surface area contributed by atoms with E-state index in [1.165, 1.54) is 0 Å². The van der Waals surface area contributed by atoms with E-state index in [9.17, 15) is 4.79 Å². The van der Waals surface area contributed by atoms with Crippen LogP contribution in [0.4, 0.5) is 10.5 Å². The first-order valence-electron chi connectivity index (χ1n) is 12.2. The summed E-state index contributed by atoms with van der Waals surface area (Å²) in [5, 5.41) is 8.61. The molecule has 0 saturated heterocycles. The number of amides is 2. The number of rotatable bonds is 3. The third-order valence-corrected chi connectivity index (χ3v) is 7.05. The summed E-state index contributed by atoms with van der Waals surface area (Å²) in [6, 6.07) is 29.2. The Labute approximate surface area is 220 Å². The minimum absolute atomic E-state index is 0.193. The normalized spacial score (nSPS) is 14.6. The van der Waals surface area contributed by atoms with E-state index in [4.69, 9.17) is 16.7 Å². The lowest BCUT2D eigenvalue weighted by molar-refractivity contribution is 0.194. The van der Waals surface area contributed by atoms with Gasteiger partial charge in [0, 0.05) is 22.5 Å². The standard InChI is InChI=1S/C30H26ClN5O/c1-20-8-6-9-22(18-20)28-27-12-7-17-34(27)29-26(21(2)33-36(29)25-10-4-3-5-11-25)19-35(28)30(37)32-24-15-13-23(31)14-16-24/h3-18,28H,19H2,1-2H3,(H,32,37)/t28-/m0/s1. The first-order valence-corrected chi connectivity index (χ1v) is 12.6. The lowest BCUT2D eigenvalue weighted by Gasteiger charge is -2.31. The highest BCUT2D eigenvalue weighted by Crippen LogP contribution is 2.39. The third-order valence-electron chi connectivity index (χ3n) is 6.80. The average Bonchev–Trinajstić information content (AvgIpc) is 3.46. The number of hydrogen-bond acceptors (Lipinski definition) is 2. The van der Waals surface area contributed by atoms with Gasteiger partial charge in [-0.1, -0.05) is 59.6 Å². The molecule has 1 aliphatic heterocycles. The second-order valence-corrected chi connectivity index (χ2v) is 9.76. The molecule has 5 aromatic rings. The summed E-state index contributed by atoms with van der Waals surface area (Å²) in [5.41, 5.74) is 6.73. The molecule has 1 N–H and O–H groups in total. The van der Waals surface area contributed by atoms with E-state index in [2.05, 4.69) is 47.3 Å². The summed E-state index contributed by atoms with van der Waals surface area (Å²) in [5.74, 6) is 0.947. The molecule has 0 aliphatic carbocycles. The summed E-state index contributed by atoms with van der Waals surface area (Å²) >= 11 is 6.07. The summed E-state index contributed by atoms with van der Waals surface area (Å²) in [4.78, 5) is 15.8. The van der Waals surface area contributed by atoms with Crippen molar-refractivity contribution in [3.8, 4) is 11.5 Å². The van der Waals surface area contributed by atoms with E-state index in [1.807, 2.05) is 71.1 Å². The smallest absolute Gasteiger partial charge is 0.308 e. The van der Waals surface area contributed by atoms with Gasteiger partial charge in [-0.2, -0.15) is 5.10 Å². The van der Waals surface area contributed by atoms with Crippen molar-refractivity contribution in [2.45, 2.75) is 26.4 Å². The van der Waals surface area contributed by atoms with Crippen LogP contribution in [0.25, 0.3) is 11.5 Å². The highest BCUT2D eigenvalue weighted by molar-refractivity contribution is 6.30. The number of aryl methyl sites for hydroxylation is 2. The van der Waals surface area contributed by atoms with Gasteiger partial charge in [0.1, 0.15) is 5.82 Å². The number of anilines is 1. The van der Waals surface area contributed by atoms with Crippen LogP contribution in [0.15, 0.2) is 97.2 Å². The minimum atomic E-state index is -0.307. The minimum Gasteiger partial charge on any atom is -0.308 e. The van der Waals surface area contributed by atoms with Gasteiger partial charge in [-0.15, -0.1) is 0 Å². The van der Waals surface area contributed by atoms with Crippen molar-refractivity contribution < 1.29 is 4.79 Å². The number of fused-ring (bicyclic) bond motifs is 3. The quantitative estimate of drug-likeness (QED) is 0.284. The Bertz CT molecular complexity index is 1590. The molecular formula is C30H26ClN5O. The van der Waals surface area contributed by atoms with Crippen LogP contribution in [0.1, 0.15) is 34.1 Å². The second kappa shape index (κ2) is 9.30. The van der Waals surface area contributed by atoms with E-state index < -0.39 is 0 Å². The van der Waals surface area contributed by atoms with E-state index in [-0.39, 0.29) is 12.1 Å². The summed E-state index contributed by atoms with van der Waals surface area (Å²) < 4.78 is 4.15. The Morgan fingerprint density at radius 3 is 2.49 bits per heavy atom. The predicted octanol–water partition coefficient (Wildman–Crippen LogP) is 7.07. The van der Waals surface area contributed by atoms with Crippen LogP contribution >= 0.6 is 11.6 Å². The van der Waals surface area contributed by atoms with Gasteiger partial charge in [0.25, 0.3) is 0 Å². The fourth-order valence-electron chi connectivity index (χ4n) is 5.07. The van der Waals surface area contributed by atoms with Gasteiger partial charge in [0.05, 0.1) is 29.7 Å². The first kappa shape index (κ1) is 23.1. The van der Waals surface area contributed by atoms with Crippen LogP contribution in [0, 0.1) is 13.8 Å². The number of urea groups is 1. The molecule has 2 aromatic heterocycles. The Morgan fingerprint density at radius 2 is 1.73 bits per heavy atom. The molecule has 3 heterocycles. The number of aromatic nitrogens is 3. The molecule has 0 radical (unpaired) electrons. The zero-order chi connectivity index (χ0) is 25.5. The van der Waals surface area contributed by atoms with Crippen LogP contribution in [0.2, 0.25) is 5.02 Å². The van der Waals surface area contributed by atoms with Crippen LogP contribution in [-0.4, -0.2) is 25.3 Å². The fourth-order valence-corrected chi connectivity index (χ4v) is 5.19. The Kier molecular flexibility index (Phi) is 5.81. The van der Waals surface area contributed by atoms with Crippen molar-refractivity contribution in [3.63, 3.8) is 0 Å². The number of hydrogen-bond donors (Lipinski definition) is 1. The molecule has 184 valence electrons. The zero-order valence-electron chi connectivity index (χ0n) is 20.6. The Morgan fingerprint density at radius 1 is 0.946 bits per heavy atom. The SMILES string of the molecule is Cc1cccc([C@H]2c3cccn3-c3c(c(C)nn3-c3ccccc3)CN2C(=O)Nc2ccc(Cl)cc2)c1. The molecule has 2 amide bonds. The number of carbonyl (C=O) groups is 1. The van der Waals surface area contributed by atoms with E-state index in [1.54, 1.807) is 12.1 Å². The average molecular weight is 508 g/mol. The molecule has 6 nitrogen and oxygen atoms in total. The topological polar surface area (TPSA) is 55.1 Å². The maximum atomic E-state index is 13.9. The molecule has 0 saturated carbocycles. The maximum absolute atomic E-state index is 13.9. The van der Waals surface area contributed by atoms with Crippen molar-refractivity contribution in [2.75, 3.05) is 5.32 Å². The molecule has 0 bridgehead atoms. The number of nitrogens with zero attached hydrogens (tertiary/aromatic N) is 4. The van der Waals surface area contributed by atoms with E-state index in [0.29, 0.717) is 17.3 Å². The molecule has 0 unspecified atom stereocenters. The molecule has 37 heavy (non-hydrogen) atoms. The molecule has 0 spiro atoms. The number of benzene rings is 3. The lowest BCUT2D eigenvalue weighted by atomic mass is 10.00. The van der Waals surface area contributed by atoms with Crippen LogP contribution in [0.3, 0.4) is 0 Å². The van der Waals surface area contributed by atoms with Gasteiger partial charge in [0.2, 0.25) is 0 Å². The van der Waals surface area contributed by atoms with Crippen molar-refractivity contribution in [2.24, 2.45) is 0 Å².